The number of nitrogens with one attached hydrogen (secondary N) is 1. The number of nitrogens with zero attached hydrogens (tertiary/aromatic N) is 2. The molecule has 5 heteroatoms. The zero-order chi connectivity index (χ0) is 13.9. The first-order valence-corrected chi connectivity index (χ1v) is 7.48. The van der Waals surface area contributed by atoms with E-state index in [0.29, 0.717) is 0 Å². The number of hydrogen-bond donors (Lipinski definition) is 1. The Hall–Kier alpha value is -1.72. The van der Waals surface area contributed by atoms with E-state index in [1.54, 1.807) is 11.3 Å². The van der Waals surface area contributed by atoms with Crippen molar-refractivity contribution in [2.75, 3.05) is 6.54 Å². The van der Waals surface area contributed by atoms with Crippen LogP contribution in [0.5, 0.6) is 0 Å². The lowest BCUT2D eigenvalue weighted by Gasteiger charge is -2.05. The molecule has 3 nitrogen and oxygen atoms in total. The number of imidazole rings is 1. The maximum Gasteiger partial charge on any atom is 0.194 e. The Balaban J connectivity index is 1.56. The van der Waals surface area contributed by atoms with Crippen LogP contribution in [0.15, 0.2) is 35.8 Å². The molecule has 0 fully saturated rings. The number of aromatic nitrogens is 2. The summed E-state index contributed by atoms with van der Waals surface area (Å²) in [6, 6.07) is 6.67. The Labute approximate surface area is 121 Å². The van der Waals surface area contributed by atoms with Gasteiger partial charge in [0.2, 0.25) is 0 Å². The summed E-state index contributed by atoms with van der Waals surface area (Å²) in [7, 11) is 0. The SMILES string of the molecule is Cc1nc2sccn2c1CNCCc1ccc(F)cc1. The maximum atomic E-state index is 12.8. The lowest BCUT2D eigenvalue weighted by Crippen LogP contribution is -2.18. The van der Waals surface area contributed by atoms with Gasteiger partial charge in [0.15, 0.2) is 4.96 Å². The van der Waals surface area contributed by atoms with Gasteiger partial charge >= 0.3 is 0 Å². The van der Waals surface area contributed by atoms with E-state index in [1.807, 2.05) is 24.4 Å². The van der Waals surface area contributed by atoms with Gasteiger partial charge in [-0.25, -0.2) is 9.37 Å². The van der Waals surface area contributed by atoms with Gasteiger partial charge in [-0.3, -0.25) is 4.40 Å². The molecule has 0 bridgehead atoms. The van der Waals surface area contributed by atoms with E-state index >= 15 is 0 Å². The molecule has 0 saturated heterocycles. The minimum atomic E-state index is -0.184. The molecule has 2 heterocycles. The molecular formula is C15H16FN3S. The van der Waals surface area contributed by atoms with E-state index in [4.69, 9.17) is 0 Å². The summed E-state index contributed by atoms with van der Waals surface area (Å²) in [4.78, 5) is 5.56. The molecule has 20 heavy (non-hydrogen) atoms. The largest absolute Gasteiger partial charge is 0.311 e. The fourth-order valence-electron chi connectivity index (χ4n) is 2.24. The van der Waals surface area contributed by atoms with E-state index < -0.39 is 0 Å². The second-order valence-electron chi connectivity index (χ2n) is 4.75. The van der Waals surface area contributed by atoms with Crippen molar-refractivity contribution in [1.82, 2.24) is 14.7 Å². The van der Waals surface area contributed by atoms with Crippen molar-refractivity contribution < 1.29 is 4.39 Å². The summed E-state index contributed by atoms with van der Waals surface area (Å²) in [5.41, 5.74) is 3.43. The highest BCUT2D eigenvalue weighted by atomic mass is 32.1. The number of rotatable bonds is 5. The Morgan fingerprint density at radius 2 is 2.10 bits per heavy atom. The minimum absolute atomic E-state index is 0.184. The molecule has 0 aliphatic heterocycles. The molecule has 1 aromatic carbocycles. The van der Waals surface area contributed by atoms with Crippen LogP contribution < -0.4 is 5.32 Å². The van der Waals surface area contributed by atoms with Crippen LogP contribution in [0.25, 0.3) is 4.96 Å². The molecule has 0 spiro atoms. The summed E-state index contributed by atoms with van der Waals surface area (Å²) in [5.74, 6) is -0.184. The summed E-state index contributed by atoms with van der Waals surface area (Å²) in [6.07, 6.45) is 2.95. The van der Waals surface area contributed by atoms with Crippen LogP contribution in [0.2, 0.25) is 0 Å². The van der Waals surface area contributed by atoms with Gasteiger partial charge in [0.25, 0.3) is 0 Å². The van der Waals surface area contributed by atoms with Gasteiger partial charge in [-0.05, 0) is 37.6 Å². The standard InChI is InChI=1S/C15H16FN3S/c1-11-14(19-8-9-20-15(19)18-11)10-17-7-6-12-2-4-13(16)5-3-12/h2-5,8-9,17H,6-7,10H2,1H3. The van der Waals surface area contributed by atoms with E-state index in [1.165, 1.54) is 17.8 Å². The van der Waals surface area contributed by atoms with Crippen LogP contribution in [0, 0.1) is 12.7 Å². The average molecular weight is 289 g/mol. The third kappa shape index (κ3) is 2.73. The zero-order valence-electron chi connectivity index (χ0n) is 11.3. The van der Waals surface area contributed by atoms with E-state index in [0.717, 1.165) is 35.7 Å². The number of thiazole rings is 1. The van der Waals surface area contributed by atoms with E-state index in [9.17, 15) is 4.39 Å². The molecule has 3 aromatic rings. The molecular weight excluding hydrogens is 273 g/mol. The van der Waals surface area contributed by atoms with Crippen molar-refractivity contribution in [1.29, 1.82) is 0 Å². The monoisotopic (exact) mass is 289 g/mol. The van der Waals surface area contributed by atoms with Crippen LogP contribution in [0.4, 0.5) is 4.39 Å². The number of benzene rings is 1. The first-order valence-electron chi connectivity index (χ1n) is 6.60. The summed E-state index contributed by atoms with van der Waals surface area (Å²) < 4.78 is 14.9. The summed E-state index contributed by atoms with van der Waals surface area (Å²) >= 11 is 1.65. The van der Waals surface area contributed by atoms with Gasteiger partial charge in [0, 0.05) is 18.1 Å². The average Bonchev–Trinajstić information content (AvgIpc) is 2.98. The van der Waals surface area contributed by atoms with Gasteiger partial charge in [0.05, 0.1) is 11.4 Å². The Kier molecular flexibility index (Phi) is 3.80. The highest BCUT2D eigenvalue weighted by Crippen LogP contribution is 2.16. The second-order valence-corrected chi connectivity index (χ2v) is 5.63. The van der Waals surface area contributed by atoms with Crippen molar-refractivity contribution in [2.45, 2.75) is 19.9 Å². The first-order chi connectivity index (χ1) is 9.74. The van der Waals surface area contributed by atoms with E-state index in [-0.39, 0.29) is 5.82 Å². The topological polar surface area (TPSA) is 29.3 Å². The van der Waals surface area contributed by atoms with Crippen LogP contribution in [0.1, 0.15) is 17.0 Å². The van der Waals surface area contributed by atoms with Crippen molar-refractivity contribution in [3.63, 3.8) is 0 Å². The highest BCUT2D eigenvalue weighted by Gasteiger charge is 2.08. The summed E-state index contributed by atoms with van der Waals surface area (Å²) in [5, 5.41) is 5.47. The number of hydrogen-bond acceptors (Lipinski definition) is 3. The lowest BCUT2D eigenvalue weighted by atomic mass is 10.1. The third-order valence-electron chi connectivity index (χ3n) is 3.36. The Morgan fingerprint density at radius 3 is 2.90 bits per heavy atom. The maximum absolute atomic E-state index is 12.8. The summed E-state index contributed by atoms with van der Waals surface area (Å²) in [6.45, 7) is 3.70. The van der Waals surface area contributed by atoms with Crippen LogP contribution in [-0.4, -0.2) is 15.9 Å². The van der Waals surface area contributed by atoms with Crippen molar-refractivity contribution in [3.05, 3.63) is 58.6 Å². The van der Waals surface area contributed by atoms with Crippen molar-refractivity contribution >= 4 is 16.3 Å². The van der Waals surface area contributed by atoms with Crippen LogP contribution in [0.3, 0.4) is 0 Å². The fraction of sp³-hybridized carbons (Fsp3) is 0.267. The molecule has 1 N–H and O–H groups in total. The quantitative estimate of drug-likeness (QED) is 0.731. The van der Waals surface area contributed by atoms with Crippen LogP contribution >= 0.6 is 11.3 Å². The predicted octanol–water partition coefficient (Wildman–Crippen LogP) is 3.18. The lowest BCUT2D eigenvalue weighted by molar-refractivity contribution is 0.625. The van der Waals surface area contributed by atoms with E-state index in [2.05, 4.69) is 20.9 Å². The molecule has 2 aromatic heterocycles. The molecule has 0 aliphatic rings. The smallest absolute Gasteiger partial charge is 0.194 e. The third-order valence-corrected chi connectivity index (χ3v) is 4.11. The van der Waals surface area contributed by atoms with Gasteiger partial charge in [-0.1, -0.05) is 12.1 Å². The normalized spacial score (nSPS) is 11.3. The molecule has 0 atom stereocenters. The predicted molar refractivity (Wildman–Crippen MR) is 79.6 cm³/mol. The number of halogens is 1. The number of aryl methyl sites for hydroxylation is 1. The van der Waals surface area contributed by atoms with Gasteiger partial charge in [0.1, 0.15) is 5.82 Å². The fourth-order valence-corrected chi connectivity index (χ4v) is 3.02. The minimum Gasteiger partial charge on any atom is -0.311 e. The number of fused-ring (bicyclic) bond motifs is 1. The molecule has 0 amide bonds. The first kappa shape index (κ1) is 13.3. The Morgan fingerprint density at radius 1 is 1.30 bits per heavy atom. The van der Waals surface area contributed by atoms with Gasteiger partial charge in [-0.2, -0.15) is 0 Å². The van der Waals surface area contributed by atoms with Gasteiger partial charge in [-0.15, -0.1) is 11.3 Å². The molecule has 0 unspecified atom stereocenters. The Bertz CT molecular complexity index is 700. The van der Waals surface area contributed by atoms with Crippen molar-refractivity contribution in [3.8, 4) is 0 Å². The van der Waals surface area contributed by atoms with Gasteiger partial charge < -0.3 is 5.32 Å². The second kappa shape index (κ2) is 5.73. The van der Waals surface area contributed by atoms with Crippen molar-refractivity contribution in [2.24, 2.45) is 0 Å². The molecule has 3 rings (SSSR count). The van der Waals surface area contributed by atoms with Crippen LogP contribution in [-0.2, 0) is 13.0 Å². The highest BCUT2D eigenvalue weighted by molar-refractivity contribution is 7.15. The molecule has 104 valence electrons. The molecule has 0 aliphatic carbocycles. The zero-order valence-corrected chi connectivity index (χ0v) is 12.1. The molecule has 0 radical (unpaired) electrons. The molecule has 0 saturated carbocycles.